The van der Waals surface area contributed by atoms with Crippen molar-refractivity contribution in [3.63, 3.8) is 0 Å². The van der Waals surface area contributed by atoms with Gasteiger partial charge in [-0.15, -0.1) is 0 Å². The van der Waals surface area contributed by atoms with Crippen molar-refractivity contribution in [2.24, 2.45) is 5.73 Å². The number of likely N-dealkylation sites (N-methyl/N-ethyl adjacent to an activating group) is 1. The Labute approximate surface area is 148 Å². The van der Waals surface area contributed by atoms with Crippen LogP contribution in [0.2, 0.25) is 0 Å². The fourth-order valence-corrected chi connectivity index (χ4v) is 2.42. The topological polar surface area (TPSA) is 105 Å². The van der Waals surface area contributed by atoms with Gasteiger partial charge in [-0.1, -0.05) is 31.5 Å². The highest BCUT2D eigenvalue weighted by Crippen LogP contribution is 2.15. The Morgan fingerprint density at radius 3 is 2.52 bits per heavy atom. The minimum absolute atomic E-state index is 0.0279. The van der Waals surface area contributed by atoms with E-state index in [2.05, 4.69) is 10.6 Å². The molecule has 1 rings (SSSR count). The molecule has 4 amide bonds. The zero-order valence-electron chi connectivity index (χ0n) is 15.0. The second-order valence-electron chi connectivity index (χ2n) is 5.91. The van der Waals surface area contributed by atoms with E-state index in [0.29, 0.717) is 19.4 Å². The number of amides is 4. The van der Waals surface area contributed by atoms with Crippen LogP contribution in [0.1, 0.15) is 38.2 Å². The van der Waals surface area contributed by atoms with Crippen molar-refractivity contribution in [2.75, 3.05) is 25.5 Å². The van der Waals surface area contributed by atoms with Crippen LogP contribution in [-0.2, 0) is 16.0 Å². The molecular weight excluding hydrogens is 320 g/mol. The maximum Gasteiger partial charge on any atom is 0.312 e. The zero-order valence-corrected chi connectivity index (χ0v) is 15.0. The largest absolute Gasteiger partial charge is 0.352 e. The van der Waals surface area contributed by atoms with E-state index in [0.717, 1.165) is 30.5 Å². The summed E-state index contributed by atoms with van der Waals surface area (Å²) in [7, 11) is 1.63. The minimum Gasteiger partial charge on any atom is -0.352 e. The molecule has 138 valence electrons. The number of carbonyl (C=O) groups is 3. The van der Waals surface area contributed by atoms with Crippen molar-refractivity contribution in [1.82, 2.24) is 10.2 Å². The maximum atomic E-state index is 12.1. The molecular formula is C18H28N4O3. The Morgan fingerprint density at radius 1 is 1.12 bits per heavy atom. The molecule has 0 radical (unpaired) electrons. The summed E-state index contributed by atoms with van der Waals surface area (Å²) in [4.78, 5) is 36.1. The van der Waals surface area contributed by atoms with Crippen LogP contribution in [0.5, 0.6) is 0 Å². The van der Waals surface area contributed by atoms with Crippen molar-refractivity contribution >= 4 is 23.5 Å². The third-order valence-corrected chi connectivity index (χ3v) is 3.85. The summed E-state index contributed by atoms with van der Waals surface area (Å²) in [6.45, 7) is 2.57. The van der Waals surface area contributed by atoms with Gasteiger partial charge in [-0.05, 0) is 30.9 Å². The van der Waals surface area contributed by atoms with Gasteiger partial charge in [-0.3, -0.25) is 9.59 Å². The molecule has 0 aliphatic rings. The standard InChI is InChI=1S/C18H28N4O3/c1-3-14-9-6-7-10-15(14)21-16(23)13-22(2)17(24)11-5-4-8-12-20-18(19)25/h6-7,9-10H,3-5,8,11-13H2,1-2H3,(H,21,23)(H3,19,20,25). The number of nitrogens with zero attached hydrogens (tertiary/aromatic N) is 1. The predicted molar refractivity (Wildman–Crippen MR) is 98.1 cm³/mol. The van der Waals surface area contributed by atoms with Crippen LogP contribution in [0, 0.1) is 0 Å². The number of nitrogens with one attached hydrogen (secondary N) is 2. The quantitative estimate of drug-likeness (QED) is 0.562. The first-order valence-electron chi connectivity index (χ1n) is 8.59. The Morgan fingerprint density at radius 2 is 1.84 bits per heavy atom. The first kappa shape index (κ1) is 20.5. The van der Waals surface area contributed by atoms with Gasteiger partial charge in [0.15, 0.2) is 0 Å². The Hall–Kier alpha value is -2.57. The summed E-state index contributed by atoms with van der Waals surface area (Å²) < 4.78 is 0. The smallest absolute Gasteiger partial charge is 0.312 e. The molecule has 1 aromatic carbocycles. The molecule has 0 unspecified atom stereocenters. The summed E-state index contributed by atoms with van der Waals surface area (Å²) in [6, 6.07) is 7.10. The van der Waals surface area contributed by atoms with Gasteiger partial charge in [0.05, 0.1) is 6.54 Å². The fourth-order valence-electron chi connectivity index (χ4n) is 2.42. The van der Waals surface area contributed by atoms with Gasteiger partial charge in [0.2, 0.25) is 11.8 Å². The number of primary amides is 1. The first-order valence-corrected chi connectivity index (χ1v) is 8.59. The molecule has 1 aromatic rings. The number of nitrogens with two attached hydrogens (primary N) is 1. The molecule has 0 aliphatic carbocycles. The summed E-state index contributed by atoms with van der Waals surface area (Å²) in [5.41, 5.74) is 6.82. The number of hydrogen-bond acceptors (Lipinski definition) is 3. The van der Waals surface area contributed by atoms with E-state index in [-0.39, 0.29) is 18.4 Å². The monoisotopic (exact) mass is 348 g/mol. The third kappa shape index (κ3) is 8.19. The number of aryl methyl sites for hydroxylation is 1. The molecule has 0 aliphatic heterocycles. The van der Waals surface area contributed by atoms with Crippen LogP contribution in [0.15, 0.2) is 24.3 Å². The number of rotatable bonds is 10. The molecule has 0 saturated heterocycles. The second kappa shape index (κ2) is 11.1. The van der Waals surface area contributed by atoms with Gasteiger partial charge in [0.1, 0.15) is 0 Å². The Bertz CT molecular complexity index is 589. The average Bonchev–Trinajstić information content (AvgIpc) is 2.57. The lowest BCUT2D eigenvalue weighted by Crippen LogP contribution is -2.35. The maximum absolute atomic E-state index is 12.1. The molecule has 4 N–H and O–H groups in total. The molecule has 0 fully saturated rings. The minimum atomic E-state index is -0.536. The lowest BCUT2D eigenvalue weighted by molar-refractivity contribution is -0.133. The van der Waals surface area contributed by atoms with E-state index < -0.39 is 6.03 Å². The van der Waals surface area contributed by atoms with E-state index in [1.54, 1.807) is 7.05 Å². The van der Waals surface area contributed by atoms with Crippen LogP contribution < -0.4 is 16.4 Å². The van der Waals surface area contributed by atoms with E-state index in [9.17, 15) is 14.4 Å². The summed E-state index contributed by atoms with van der Waals surface area (Å²) in [6.07, 6.45) is 3.51. The van der Waals surface area contributed by atoms with Crippen LogP contribution in [-0.4, -0.2) is 42.9 Å². The number of carbonyl (C=O) groups excluding carboxylic acids is 3. The fraction of sp³-hybridized carbons (Fsp3) is 0.500. The zero-order chi connectivity index (χ0) is 18.7. The molecule has 0 bridgehead atoms. The van der Waals surface area contributed by atoms with Gasteiger partial charge in [0, 0.05) is 25.7 Å². The van der Waals surface area contributed by atoms with Gasteiger partial charge in [0.25, 0.3) is 0 Å². The average molecular weight is 348 g/mol. The summed E-state index contributed by atoms with van der Waals surface area (Å²) >= 11 is 0. The Balaban J connectivity index is 2.29. The van der Waals surface area contributed by atoms with Crippen molar-refractivity contribution in [1.29, 1.82) is 0 Å². The highest BCUT2D eigenvalue weighted by atomic mass is 16.2. The molecule has 0 heterocycles. The number of benzene rings is 1. The number of urea groups is 1. The van der Waals surface area contributed by atoms with Crippen LogP contribution in [0.3, 0.4) is 0 Å². The van der Waals surface area contributed by atoms with Crippen LogP contribution >= 0.6 is 0 Å². The predicted octanol–water partition coefficient (Wildman–Crippen LogP) is 1.87. The molecule has 7 heteroatoms. The third-order valence-electron chi connectivity index (χ3n) is 3.85. The summed E-state index contributed by atoms with van der Waals surface area (Å²) in [5, 5.41) is 5.36. The number of anilines is 1. The van der Waals surface area contributed by atoms with E-state index in [4.69, 9.17) is 5.73 Å². The summed E-state index contributed by atoms with van der Waals surface area (Å²) in [5.74, 6) is -0.274. The van der Waals surface area contributed by atoms with E-state index >= 15 is 0 Å². The van der Waals surface area contributed by atoms with E-state index in [1.165, 1.54) is 4.90 Å². The van der Waals surface area contributed by atoms with Crippen LogP contribution in [0.25, 0.3) is 0 Å². The number of para-hydroxylation sites is 1. The molecule has 25 heavy (non-hydrogen) atoms. The van der Waals surface area contributed by atoms with Crippen molar-refractivity contribution in [3.8, 4) is 0 Å². The number of hydrogen-bond donors (Lipinski definition) is 3. The van der Waals surface area contributed by atoms with Gasteiger partial charge >= 0.3 is 6.03 Å². The van der Waals surface area contributed by atoms with Crippen LogP contribution in [0.4, 0.5) is 10.5 Å². The highest BCUT2D eigenvalue weighted by molar-refractivity contribution is 5.95. The number of unbranched alkanes of at least 4 members (excludes halogenated alkanes) is 2. The van der Waals surface area contributed by atoms with Gasteiger partial charge in [-0.25, -0.2) is 4.79 Å². The molecule has 0 spiro atoms. The lowest BCUT2D eigenvalue weighted by atomic mass is 10.1. The molecule has 0 saturated carbocycles. The highest BCUT2D eigenvalue weighted by Gasteiger charge is 2.13. The van der Waals surface area contributed by atoms with E-state index in [1.807, 2.05) is 31.2 Å². The van der Waals surface area contributed by atoms with Gasteiger partial charge < -0.3 is 21.3 Å². The molecule has 0 aromatic heterocycles. The Kier molecular flexibility index (Phi) is 9.06. The molecule has 0 atom stereocenters. The lowest BCUT2D eigenvalue weighted by Gasteiger charge is -2.17. The van der Waals surface area contributed by atoms with Crippen molar-refractivity contribution in [3.05, 3.63) is 29.8 Å². The first-order chi connectivity index (χ1) is 11.9. The SMILES string of the molecule is CCc1ccccc1NC(=O)CN(C)C(=O)CCCCCNC(N)=O. The second-order valence-corrected chi connectivity index (χ2v) is 5.91. The van der Waals surface area contributed by atoms with Crippen molar-refractivity contribution in [2.45, 2.75) is 39.0 Å². The van der Waals surface area contributed by atoms with Crippen molar-refractivity contribution < 1.29 is 14.4 Å². The normalized spacial score (nSPS) is 10.2. The van der Waals surface area contributed by atoms with Gasteiger partial charge in [-0.2, -0.15) is 0 Å². The molecule has 7 nitrogen and oxygen atoms in total.